The maximum absolute atomic E-state index is 12.3. The van der Waals surface area contributed by atoms with E-state index in [1.165, 1.54) is 6.20 Å². The summed E-state index contributed by atoms with van der Waals surface area (Å²) in [6, 6.07) is 13.6. The van der Waals surface area contributed by atoms with E-state index in [2.05, 4.69) is 15.6 Å². The lowest BCUT2D eigenvalue weighted by Gasteiger charge is -2.08. The largest absolute Gasteiger partial charge is 0.467 e. The number of furan rings is 1. The number of benzene rings is 1. The molecule has 0 atom stereocenters. The van der Waals surface area contributed by atoms with Gasteiger partial charge in [-0.15, -0.1) is 0 Å². The Balaban J connectivity index is 1.56. The summed E-state index contributed by atoms with van der Waals surface area (Å²) >= 11 is 0. The number of carbonyl (C=O) groups excluding carboxylic acids is 2. The molecule has 2 aromatic heterocycles. The average molecular weight is 365 g/mol. The van der Waals surface area contributed by atoms with Crippen LogP contribution in [0.2, 0.25) is 0 Å². The highest BCUT2D eigenvalue weighted by atomic mass is 16.5. The molecular formula is C20H19N3O4. The van der Waals surface area contributed by atoms with Crippen LogP contribution in [0.3, 0.4) is 0 Å². The Morgan fingerprint density at radius 2 is 1.85 bits per heavy atom. The lowest BCUT2D eigenvalue weighted by molar-refractivity contribution is 0.0526. The van der Waals surface area contributed by atoms with Crippen LogP contribution in [0.1, 0.15) is 33.4 Å². The van der Waals surface area contributed by atoms with E-state index in [-0.39, 0.29) is 5.91 Å². The second-order valence-electron chi connectivity index (χ2n) is 5.62. The lowest BCUT2D eigenvalue weighted by atomic mass is 10.2. The molecule has 0 bridgehead atoms. The number of aromatic nitrogens is 1. The molecule has 0 unspecified atom stereocenters. The number of carbonyl (C=O) groups is 2. The molecule has 0 radical (unpaired) electrons. The van der Waals surface area contributed by atoms with E-state index >= 15 is 0 Å². The minimum Gasteiger partial charge on any atom is -0.467 e. The zero-order valence-electron chi connectivity index (χ0n) is 14.8. The van der Waals surface area contributed by atoms with Crippen molar-refractivity contribution in [2.45, 2.75) is 13.5 Å². The molecular weight excluding hydrogens is 346 g/mol. The number of hydrogen-bond acceptors (Lipinski definition) is 6. The van der Waals surface area contributed by atoms with Gasteiger partial charge in [-0.3, -0.25) is 4.79 Å². The third-order valence-electron chi connectivity index (χ3n) is 3.70. The summed E-state index contributed by atoms with van der Waals surface area (Å²) in [4.78, 5) is 28.2. The normalized spacial score (nSPS) is 10.3. The van der Waals surface area contributed by atoms with Crippen molar-refractivity contribution in [3.8, 4) is 0 Å². The van der Waals surface area contributed by atoms with Gasteiger partial charge in [0.25, 0.3) is 5.91 Å². The maximum atomic E-state index is 12.3. The molecule has 0 fully saturated rings. The molecule has 0 saturated carbocycles. The molecule has 3 rings (SSSR count). The first-order chi connectivity index (χ1) is 13.2. The van der Waals surface area contributed by atoms with Crippen molar-refractivity contribution in [1.29, 1.82) is 0 Å². The van der Waals surface area contributed by atoms with Crippen LogP contribution in [0.15, 0.2) is 65.4 Å². The number of anilines is 2. The molecule has 0 saturated heterocycles. The first kappa shape index (κ1) is 18.2. The van der Waals surface area contributed by atoms with Crippen molar-refractivity contribution in [3.05, 3.63) is 77.9 Å². The second kappa shape index (κ2) is 8.66. The van der Waals surface area contributed by atoms with Crippen LogP contribution in [0.5, 0.6) is 0 Å². The zero-order chi connectivity index (χ0) is 19.1. The zero-order valence-corrected chi connectivity index (χ0v) is 14.8. The first-order valence-corrected chi connectivity index (χ1v) is 8.46. The molecule has 27 heavy (non-hydrogen) atoms. The van der Waals surface area contributed by atoms with Crippen molar-refractivity contribution in [1.82, 2.24) is 4.98 Å². The summed E-state index contributed by atoms with van der Waals surface area (Å²) in [7, 11) is 0. The van der Waals surface area contributed by atoms with Gasteiger partial charge in [0.2, 0.25) is 0 Å². The van der Waals surface area contributed by atoms with Crippen LogP contribution in [0.4, 0.5) is 11.5 Å². The van der Waals surface area contributed by atoms with E-state index in [0.29, 0.717) is 35.8 Å². The third-order valence-corrected chi connectivity index (χ3v) is 3.70. The average Bonchev–Trinajstić information content (AvgIpc) is 3.21. The van der Waals surface area contributed by atoms with Gasteiger partial charge in [0.15, 0.2) is 0 Å². The van der Waals surface area contributed by atoms with E-state index in [1.54, 1.807) is 49.6 Å². The van der Waals surface area contributed by atoms with Crippen LogP contribution in [0, 0.1) is 0 Å². The van der Waals surface area contributed by atoms with E-state index in [1.807, 2.05) is 12.1 Å². The Bertz CT molecular complexity index is 888. The molecule has 3 aromatic rings. The molecule has 0 aliphatic rings. The van der Waals surface area contributed by atoms with Gasteiger partial charge in [0, 0.05) is 11.9 Å². The smallest absolute Gasteiger partial charge is 0.338 e. The molecule has 0 spiro atoms. The van der Waals surface area contributed by atoms with Gasteiger partial charge < -0.3 is 19.8 Å². The SMILES string of the molecule is CCOC(=O)c1ccc(NC(=O)c2ccc(NCc3ccco3)nc2)cc1. The van der Waals surface area contributed by atoms with E-state index in [4.69, 9.17) is 9.15 Å². The van der Waals surface area contributed by atoms with Crippen molar-refractivity contribution < 1.29 is 18.7 Å². The molecule has 1 amide bonds. The monoisotopic (exact) mass is 365 g/mol. The number of esters is 1. The van der Waals surface area contributed by atoms with Crippen LogP contribution in [-0.4, -0.2) is 23.5 Å². The lowest BCUT2D eigenvalue weighted by Crippen LogP contribution is -2.13. The molecule has 1 aromatic carbocycles. The minimum absolute atomic E-state index is 0.288. The minimum atomic E-state index is -0.391. The Morgan fingerprint density at radius 1 is 1.07 bits per heavy atom. The molecule has 0 aliphatic carbocycles. The van der Waals surface area contributed by atoms with Crippen molar-refractivity contribution in [2.24, 2.45) is 0 Å². The second-order valence-corrected chi connectivity index (χ2v) is 5.62. The van der Waals surface area contributed by atoms with Crippen molar-refractivity contribution >= 4 is 23.4 Å². The Kier molecular flexibility index (Phi) is 5.84. The number of rotatable bonds is 7. The van der Waals surface area contributed by atoms with Crippen LogP contribution in [-0.2, 0) is 11.3 Å². The van der Waals surface area contributed by atoms with Crippen LogP contribution in [0.25, 0.3) is 0 Å². The summed E-state index contributed by atoms with van der Waals surface area (Å²) in [5, 5.41) is 5.87. The van der Waals surface area contributed by atoms with Gasteiger partial charge in [-0.1, -0.05) is 0 Å². The number of pyridine rings is 1. The number of ether oxygens (including phenoxy) is 1. The number of amides is 1. The summed E-state index contributed by atoms with van der Waals surface area (Å²) < 4.78 is 10.2. The molecule has 2 heterocycles. The van der Waals surface area contributed by atoms with Crippen molar-refractivity contribution in [2.75, 3.05) is 17.2 Å². The standard InChI is InChI=1S/C20H19N3O4/c1-2-26-20(25)14-5-8-16(9-6-14)23-19(24)15-7-10-18(21-12-15)22-13-17-4-3-11-27-17/h3-12H,2,13H2,1H3,(H,21,22)(H,23,24). The molecule has 7 heteroatoms. The number of nitrogens with zero attached hydrogens (tertiary/aromatic N) is 1. The highest BCUT2D eigenvalue weighted by Crippen LogP contribution is 2.13. The van der Waals surface area contributed by atoms with Crippen LogP contribution < -0.4 is 10.6 Å². The Hall–Kier alpha value is -3.61. The van der Waals surface area contributed by atoms with E-state index < -0.39 is 5.97 Å². The van der Waals surface area contributed by atoms with Gasteiger partial charge in [-0.2, -0.15) is 0 Å². The predicted octanol–water partition coefficient (Wildman–Crippen LogP) is 3.72. The quantitative estimate of drug-likeness (QED) is 0.620. The molecule has 7 nitrogen and oxygen atoms in total. The van der Waals surface area contributed by atoms with Gasteiger partial charge in [0.05, 0.1) is 30.5 Å². The fraction of sp³-hybridized carbons (Fsp3) is 0.150. The highest BCUT2D eigenvalue weighted by Gasteiger charge is 2.09. The molecule has 2 N–H and O–H groups in total. The van der Waals surface area contributed by atoms with Crippen molar-refractivity contribution in [3.63, 3.8) is 0 Å². The Labute approximate surface area is 156 Å². The fourth-order valence-electron chi connectivity index (χ4n) is 2.33. The number of nitrogens with one attached hydrogen (secondary N) is 2. The summed E-state index contributed by atoms with van der Waals surface area (Å²) in [5.74, 6) is 0.757. The third kappa shape index (κ3) is 4.94. The number of hydrogen-bond donors (Lipinski definition) is 2. The first-order valence-electron chi connectivity index (χ1n) is 8.46. The molecule has 138 valence electrons. The van der Waals surface area contributed by atoms with Gasteiger partial charge >= 0.3 is 5.97 Å². The van der Waals surface area contributed by atoms with E-state index in [0.717, 1.165) is 5.76 Å². The topological polar surface area (TPSA) is 93.5 Å². The van der Waals surface area contributed by atoms with Gasteiger partial charge in [0.1, 0.15) is 11.6 Å². The maximum Gasteiger partial charge on any atom is 0.338 e. The highest BCUT2D eigenvalue weighted by molar-refractivity contribution is 6.04. The molecule has 0 aliphatic heterocycles. The fourth-order valence-corrected chi connectivity index (χ4v) is 2.33. The predicted molar refractivity (Wildman–Crippen MR) is 101 cm³/mol. The van der Waals surface area contributed by atoms with Gasteiger partial charge in [-0.05, 0) is 55.5 Å². The Morgan fingerprint density at radius 3 is 2.48 bits per heavy atom. The summed E-state index contributed by atoms with van der Waals surface area (Å²) in [6.45, 7) is 2.58. The summed E-state index contributed by atoms with van der Waals surface area (Å²) in [6.07, 6.45) is 3.10. The van der Waals surface area contributed by atoms with Crippen LogP contribution >= 0.6 is 0 Å². The van der Waals surface area contributed by atoms with E-state index in [9.17, 15) is 9.59 Å². The summed E-state index contributed by atoms with van der Waals surface area (Å²) in [5.41, 5.74) is 1.43. The van der Waals surface area contributed by atoms with Gasteiger partial charge in [-0.25, -0.2) is 9.78 Å².